The van der Waals surface area contributed by atoms with Crippen LogP contribution in [0.5, 0.6) is 5.75 Å². The molecule has 1 heterocycles. The highest BCUT2D eigenvalue weighted by Crippen LogP contribution is 2.27. The molecule has 5 N–H and O–H groups in total. The van der Waals surface area contributed by atoms with Gasteiger partial charge in [-0.15, -0.1) is 5.10 Å². The summed E-state index contributed by atoms with van der Waals surface area (Å²) in [6.07, 6.45) is 1.21. The second kappa shape index (κ2) is 6.18. The van der Waals surface area contributed by atoms with Gasteiger partial charge in [-0.1, -0.05) is 12.1 Å². The molecule has 0 aliphatic carbocycles. The summed E-state index contributed by atoms with van der Waals surface area (Å²) in [5.74, 6) is 1.74. The van der Waals surface area contributed by atoms with E-state index in [9.17, 15) is 0 Å². The zero-order valence-corrected chi connectivity index (χ0v) is 12.5. The lowest BCUT2D eigenvalue weighted by Gasteiger charge is -2.05. The average Bonchev–Trinajstić information content (AvgIpc) is 3.05. The van der Waals surface area contributed by atoms with E-state index in [0.29, 0.717) is 28.8 Å². The molecule has 0 radical (unpaired) electrons. The maximum absolute atomic E-state index is 7.34. The van der Waals surface area contributed by atoms with Crippen molar-refractivity contribution in [2.45, 2.75) is 0 Å². The van der Waals surface area contributed by atoms with Crippen molar-refractivity contribution < 1.29 is 4.74 Å². The van der Waals surface area contributed by atoms with Crippen LogP contribution in [0.2, 0.25) is 0 Å². The topological polar surface area (TPSA) is 113 Å². The Morgan fingerprint density at radius 2 is 2.09 bits per heavy atom. The third kappa shape index (κ3) is 2.98. The van der Waals surface area contributed by atoms with Gasteiger partial charge in [0.25, 0.3) is 0 Å². The third-order valence-corrected chi connectivity index (χ3v) is 3.35. The predicted octanol–water partition coefficient (Wildman–Crippen LogP) is 2.80. The minimum absolute atomic E-state index is 0.423. The van der Waals surface area contributed by atoms with Crippen LogP contribution in [0.25, 0.3) is 11.4 Å². The van der Waals surface area contributed by atoms with Crippen molar-refractivity contribution in [3.05, 3.63) is 48.0 Å². The number of hydrogen-bond donors (Lipinski definition) is 4. The minimum atomic E-state index is 0.423. The second-order valence-corrected chi connectivity index (χ2v) is 4.82. The molecule has 7 nitrogen and oxygen atoms in total. The molecule has 0 saturated heterocycles. The Morgan fingerprint density at radius 3 is 2.87 bits per heavy atom. The molecule has 3 aromatic rings. The first kappa shape index (κ1) is 14.6. The Hall–Kier alpha value is -3.35. The highest BCUT2D eigenvalue weighted by molar-refractivity contribution is 5.87. The van der Waals surface area contributed by atoms with Gasteiger partial charge in [-0.3, -0.25) is 5.10 Å². The zero-order chi connectivity index (χ0) is 16.2. The molecule has 0 fully saturated rings. The molecule has 0 unspecified atom stereocenters. The van der Waals surface area contributed by atoms with Gasteiger partial charge in [-0.2, -0.15) is 4.98 Å². The van der Waals surface area contributed by atoms with Crippen LogP contribution in [0.1, 0.15) is 5.56 Å². The lowest BCUT2D eigenvalue weighted by molar-refractivity contribution is 0.416. The summed E-state index contributed by atoms with van der Waals surface area (Å²) in [6, 6.07) is 12.9. The quantitative estimate of drug-likeness (QED) is 0.427. The number of benzene rings is 2. The number of para-hydroxylation sites is 1. The lowest BCUT2D eigenvalue weighted by atomic mass is 10.2. The van der Waals surface area contributed by atoms with E-state index < -0.39 is 0 Å². The molecule has 0 saturated carbocycles. The molecule has 7 heteroatoms. The summed E-state index contributed by atoms with van der Waals surface area (Å²) >= 11 is 0. The number of nitrogens with two attached hydrogens (primary N) is 1. The second-order valence-electron chi connectivity index (χ2n) is 4.82. The van der Waals surface area contributed by atoms with Crippen LogP contribution in [-0.4, -0.2) is 28.5 Å². The fourth-order valence-corrected chi connectivity index (χ4v) is 2.19. The molecule has 0 bridgehead atoms. The van der Waals surface area contributed by atoms with Gasteiger partial charge in [0, 0.05) is 23.2 Å². The van der Waals surface area contributed by atoms with Crippen LogP contribution in [0, 0.1) is 5.41 Å². The standard InChI is InChI=1S/C16H16N6O/c1-23-14-5-3-2-4-12(14)15-20-16(22-21-15)19-11-6-7-13(18)10(8-11)9-17/h2-9,17H,18H2,1H3,(H2,19,20,21,22). The average molecular weight is 308 g/mol. The van der Waals surface area contributed by atoms with Crippen molar-refractivity contribution >= 4 is 23.5 Å². The van der Waals surface area contributed by atoms with Gasteiger partial charge in [0.05, 0.1) is 12.7 Å². The molecule has 0 atom stereocenters. The summed E-state index contributed by atoms with van der Waals surface area (Å²) in [7, 11) is 1.61. The Kier molecular flexibility index (Phi) is 3.92. The van der Waals surface area contributed by atoms with Gasteiger partial charge in [0.1, 0.15) is 5.75 Å². The largest absolute Gasteiger partial charge is 0.496 e. The Balaban J connectivity index is 1.86. The van der Waals surface area contributed by atoms with Gasteiger partial charge in [-0.25, -0.2) is 0 Å². The first-order valence-corrected chi connectivity index (χ1v) is 6.94. The molecular formula is C16H16N6O. The van der Waals surface area contributed by atoms with Crippen LogP contribution in [0.15, 0.2) is 42.5 Å². The van der Waals surface area contributed by atoms with Crippen LogP contribution >= 0.6 is 0 Å². The molecule has 2 aromatic carbocycles. The molecular weight excluding hydrogens is 292 g/mol. The van der Waals surface area contributed by atoms with E-state index in [1.807, 2.05) is 30.3 Å². The van der Waals surface area contributed by atoms with Crippen molar-refractivity contribution in [1.82, 2.24) is 15.2 Å². The number of aromatic nitrogens is 3. The van der Waals surface area contributed by atoms with E-state index in [-0.39, 0.29) is 0 Å². The van der Waals surface area contributed by atoms with Crippen molar-refractivity contribution in [3.63, 3.8) is 0 Å². The zero-order valence-electron chi connectivity index (χ0n) is 12.5. The van der Waals surface area contributed by atoms with E-state index in [1.165, 1.54) is 6.21 Å². The Morgan fingerprint density at radius 1 is 1.26 bits per heavy atom. The van der Waals surface area contributed by atoms with Crippen molar-refractivity contribution in [2.75, 3.05) is 18.2 Å². The van der Waals surface area contributed by atoms with E-state index in [1.54, 1.807) is 19.2 Å². The van der Waals surface area contributed by atoms with E-state index in [0.717, 1.165) is 11.3 Å². The van der Waals surface area contributed by atoms with E-state index >= 15 is 0 Å². The molecule has 23 heavy (non-hydrogen) atoms. The summed E-state index contributed by atoms with van der Waals surface area (Å²) < 4.78 is 5.32. The van der Waals surface area contributed by atoms with E-state index in [2.05, 4.69) is 20.5 Å². The molecule has 0 spiro atoms. The maximum Gasteiger partial charge on any atom is 0.246 e. The fourth-order valence-electron chi connectivity index (χ4n) is 2.19. The fraction of sp³-hybridized carbons (Fsp3) is 0.0625. The molecule has 116 valence electrons. The molecule has 1 aromatic heterocycles. The highest BCUT2D eigenvalue weighted by Gasteiger charge is 2.10. The number of H-pyrrole nitrogens is 1. The lowest BCUT2D eigenvalue weighted by Crippen LogP contribution is -1.97. The van der Waals surface area contributed by atoms with Crippen LogP contribution in [0.3, 0.4) is 0 Å². The third-order valence-electron chi connectivity index (χ3n) is 3.35. The number of aromatic amines is 1. The van der Waals surface area contributed by atoms with Crippen molar-refractivity contribution in [2.24, 2.45) is 0 Å². The SMILES string of the molecule is COc1ccccc1-c1nc(Nc2ccc(N)c(C=N)c2)n[nH]1. The summed E-state index contributed by atoms with van der Waals surface area (Å²) in [5.41, 5.74) is 8.54. The Labute approximate surface area is 133 Å². The van der Waals surface area contributed by atoms with Crippen LogP contribution in [-0.2, 0) is 0 Å². The van der Waals surface area contributed by atoms with Gasteiger partial charge < -0.3 is 21.2 Å². The van der Waals surface area contributed by atoms with E-state index in [4.69, 9.17) is 15.9 Å². The first-order valence-electron chi connectivity index (χ1n) is 6.94. The predicted molar refractivity (Wildman–Crippen MR) is 90.4 cm³/mol. The number of methoxy groups -OCH3 is 1. The number of ether oxygens (including phenoxy) is 1. The van der Waals surface area contributed by atoms with Crippen LogP contribution < -0.4 is 15.8 Å². The number of anilines is 3. The Bertz CT molecular complexity index is 842. The van der Waals surface area contributed by atoms with Gasteiger partial charge in [0.2, 0.25) is 5.95 Å². The first-order chi connectivity index (χ1) is 11.2. The minimum Gasteiger partial charge on any atom is -0.496 e. The summed E-state index contributed by atoms with van der Waals surface area (Å²) in [4.78, 5) is 4.42. The highest BCUT2D eigenvalue weighted by atomic mass is 16.5. The monoisotopic (exact) mass is 308 g/mol. The van der Waals surface area contributed by atoms with Crippen LogP contribution in [0.4, 0.5) is 17.3 Å². The summed E-state index contributed by atoms with van der Waals surface area (Å²) in [6.45, 7) is 0. The number of nitrogens with one attached hydrogen (secondary N) is 3. The van der Waals surface area contributed by atoms with Crippen molar-refractivity contribution in [1.29, 1.82) is 5.41 Å². The molecule has 0 aliphatic rings. The molecule has 0 amide bonds. The maximum atomic E-state index is 7.34. The number of rotatable bonds is 5. The van der Waals surface area contributed by atoms with Gasteiger partial charge >= 0.3 is 0 Å². The smallest absolute Gasteiger partial charge is 0.246 e. The van der Waals surface area contributed by atoms with Crippen molar-refractivity contribution in [3.8, 4) is 17.1 Å². The van der Waals surface area contributed by atoms with Gasteiger partial charge in [-0.05, 0) is 30.3 Å². The normalized spacial score (nSPS) is 10.3. The molecule has 0 aliphatic heterocycles. The number of nitrogen functional groups attached to an aromatic ring is 1. The molecule has 3 rings (SSSR count). The number of nitrogens with zero attached hydrogens (tertiary/aromatic N) is 2. The summed E-state index contributed by atoms with van der Waals surface area (Å²) in [5, 5.41) is 17.5. The van der Waals surface area contributed by atoms with Gasteiger partial charge in [0.15, 0.2) is 5.82 Å². The number of hydrogen-bond acceptors (Lipinski definition) is 6.